The molecule has 2 aliphatic heterocycles. The first-order valence-corrected chi connectivity index (χ1v) is 9.53. The van der Waals surface area contributed by atoms with E-state index in [9.17, 15) is 4.79 Å². The fourth-order valence-corrected chi connectivity index (χ4v) is 4.35. The number of ether oxygens (including phenoxy) is 1. The van der Waals surface area contributed by atoms with Crippen molar-refractivity contribution < 1.29 is 9.53 Å². The van der Waals surface area contributed by atoms with Crippen molar-refractivity contribution in [3.05, 3.63) is 40.1 Å². The average Bonchev–Trinajstić information content (AvgIpc) is 3.21. The molecule has 0 N–H and O–H groups in total. The maximum absolute atomic E-state index is 12.3. The molecule has 2 aromatic heterocycles. The van der Waals surface area contributed by atoms with Gasteiger partial charge >= 0.3 is 0 Å². The molecule has 128 valence electrons. The summed E-state index contributed by atoms with van der Waals surface area (Å²) in [6.45, 7) is 6.46. The molecule has 24 heavy (non-hydrogen) atoms. The van der Waals surface area contributed by atoms with Gasteiger partial charge in [0.25, 0.3) is 5.91 Å². The molecule has 0 bridgehead atoms. The molecule has 5 nitrogen and oxygen atoms in total. The lowest BCUT2D eigenvalue weighted by molar-refractivity contribution is 0.0465. The van der Waals surface area contributed by atoms with Crippen LogP contribution in [0.25, 0.3) is 0 Å². The number of imidazole rings is 1. The SMILES string of the molecule is Cc1cnc(C2CCOCC2)n1CC1CN(C(=O)c2cccs2)C1. The predicted octanol–water partition coefficient (Wildman–Crippen LogP) is 2.92. The molecular formula is C18H23N3O2S. The Morgan fingerprint density at radius 3 is 2.88 bits per heavy atom. The van der Waals surface area contributed by atoms with Crippen LogP contribution in [-0.4, -0.2) is 46.7 Å². The molecular weight excluding hydrogens is 322 g/mol. The van der Waals surface area contributed by atoms with E-state index in [-0.39, 0.29) is 5.91 Å². The highest BCUT2D eigenvalue weighted by atomic mass is 32.1. The van der Waals surface area contributed by atoms with E-state index in [4.69, 9.17) is 4.74 Å². The van der Waals surface area contributed by atoms with E-state index in [0.717, 1.165) is 50.6 Å². The molecule has 0 radical (unpaired) electrons. The Morgan fingerprint density at radius 1 is 1.38 bits per heavy atom. The minimum Gasteiger partial charge on any atom is -0.381 e. The molecule has 0 aromatic carbocycles. The van der Waals surface area contributed by atoms with Crippen molar-refractivity contribution in [2.24, 2.45) is 5.92 Å². The second-order valence-corrected chi connectivity index (χ2v) is 7.76. The third-order valence-corrected chi connectivity index (χ3v) is 5.95. The molecule has 4 heterocycles. The number of thiophene rings is 1. The molecule has 2 fully saturated rings. The molecule has 0 saturated carbocycles. The first kappa shape index (κ1) is 15.8. The van der Waals surface area contributed by atoms with Gasteiger partial charge in [-0.15, -0.1) is 11.3 Å². The quantitative estimate of drug-likeness (QED) is 0.856. The summed E-state index contributed by atoms with van der Waals surface area (Å²) in [5.41, 5.74) is 1.22. The van der Waals surface area contributed by atoms with Crippen LogP contribution in [-0.2, 0) is 11.3 Å². The molecule has 4 rings (SSSR count). The van der Waals surface area contributed by atoms with Crippen molar-refractivity contribution in [2.75, 3.05) is 26.3 Å². The molecule has 2 aliphatic rings. The van der Waals surface area contributed by atoms with Gasteiger partial charge in [0.1, 0.15) is 5.82 Å². The van der Waals surface area contributed by atoms with Crippen LogP contribution in [0.4, 0.5) is 0 Å². The monoisotopic (exact) mass is 345 g/mol. The Kier molecular flexibility index (Phi) is 4.41. The van der Waals surface area contributed by atoms with E-state index in [1.54, 1.807) is 0 Å². The highest BCUT2D eigenvalue weighted by Gasteiger charge is 2.33. The maximum atomic E-state index is 12.3. The van der Waals surface area contributed by atoms with E-state index in [2.05, 4.69) is 16.5 Å². The standard InChI is InChI=1S/C18H23N3O2S/c1-13-9-19-17(15-4-6-23-7-5-15)21(13)12-14-10-20(11-14)18(22)16-3-2-8-24-16/h2-3,8-9,14-15H,4-7,10-12H2,1H3. The van der Waals surface area contributed by atoms with E-state index >= 15 is 0 Å². The number of likely N-dealkylation sites (tertiary alicyclic amines) is 1. The number of amides is 1. The van der Waals surface area contributed by atoms with Crippen molar-refractivity contribution >= 4 is 17.2 Å². The Hall–Kier alpha value is -1.66. The fourth-order valence-electron chi connectivity index (χ4n) is 3.66. The first-order valence-electron chi connectivity index (χ1n) is 8.65. The summed E-state index contributed by atoms with van der Waals surface area (Å²) in [7, 11) is 0. The lowest BCUT2D eigenvalue weighted by Gasteiger charge is -2.40. The van der Waals surface area contributed by atoms with E-state index in [0.29, 0.717) is 11.8 Å². The highest BCUT2D eigenvalue weighted by molar-refractivity contribution is 7.12. The number of aromatic nitrogens is 2. The lowest BCUT2D eigenvalue weighted by Crippen LogP contribution is -2.51. The number of carbonyl (C=O) groups is 1. The van der Waals surface area contributed by atoms with E-state index in [1.165, 1.54) is 22.9 Å². The third-order valence-electron chi connectivity index (χ3n) is 5.09. The zero-order chi connectivity index (χ0) is 16.5. The Balaban J connectivity index is 1.39. The van der Waals surface area contributed by atoms with Gasteiger partial charge in [-0.05, 0) is 31.2 Å². The third kappa shape index (κ3) is 3.00. The minimum absolute atomic E-state index is 0.174. The summed E-state index contributed by atoms with van der Waals surface area (Å²) in [6, 6.07) is 3.84. The number of aryl methyl sites for hydroxylation is 1. The van der Waals surface area contributed by atoms with Gasteiger partial charge in [0.15, 0.2) is 0 Å². The highest BCUT2D eigenvalue weighted by Crippen LogP contribution is 2.29. The van der Waals surface area contributed by atoms with Gasteiger partial charge in [0, 0.05) is 56.6 Å². The van der Waals surface area contributed by atoms with Crippen LogP contribution in [0, 0.1) is 12.8 Å². The van der Waals surface area contributed by atoms with Gasteiger partial charge in [-0.3, -0.25) is 4.79 Å². The second-order valence-electron chi connectivity index (χ2n) is 6.81. The van der Waals surface area contributed by atoms with Crippen LogP contribution >= 0.6 is 11.3 Å². The maximum Gasteiger partial charge on any atom is 0.263 e. The molecule has 0 atom stereocenters. The molecule has 0 unspecified atom stereocenters. The van der Waals surface area contributed by atoms with Gasteiger partial charge in [0.05, 0.1) is 4.88 Å². The largest absolute Gasteiger partial charge is 0.381 e. The van der Waals surface area contributed by atoms with Crippen LogP contribution in [0.3, 0.4) is 0 Å². The molecule has 0 aliphatic carbocycles. The number of hydrogen-bond acceptors (Lipinski definition) is 4. The van der Waals surface area contributed by atoms with Gasteiger partial charge < -0.3 is 14.2 Å². The van der Waals surface area contributed by atoms with Crippen molar-refractivity contribution in [1.29, 1.82) is 0 Å². The Labute approximate surface area is 146 Å². The van der Waals surface area contributed by atoms with Gasteiger partial charge in [-0.1, -0.05) is 6.07 Å². The minimum atomic E-state index is 0.174. The first-order chi connectivity index (χ1) is 11.7. The van der Waals surface area contributed by atoms with Crippen LogP contribution in [0.5, 0.6) is 0 Å². The Morgan fingerprint density at radius 2 is 2.17 bits per heavy atom. The average molecular weight is 345 g/mol. The van der Waals surface area contributed by atoms with E-state index < -0.39 is 0 Å². The van der Waals surface area contributed by atoms with Gasteiger partial charge in [0.2, 0.25) is 0 Å². The summed E-state index contributed by atoms with van der Waals surface area (Å²) in [5, 5.41) is 1.96. The number of nitrogens with zero attached hydrogens (tertiary/aromatic N) is 3. The zero-order valence-corrected chi connectivity index (χ0v) is 14.8. The summed E-state index contributed by atoms with van der Waals surface area (Å²) >= 11 is 1.52. The molecule has 2 saturated heterocycles. The number of carbonyl (C=O) groups excluding carboxylic acids is 1. The van der Waals surface area contributed by atoms with Crippen LogP contribution in [0.2, 0.25) is 0 Å². The summed E-state index contributed by atoms with van der Waals surface area (Å²) < 4.78 is 7.85. The van der Waals surface area contributed by atoms with Crippen molar-refractivity contribution in [3.63, 3.8) is 0 Å². The molecule has 1 amide bonds. The van der Waals surface area contributed by atoms with Crippen LogP contribution < -0.4 is 0 Å². The van der Waals surface area contributed by atoms with Crippen LogP contribution in [0.15, 0.2) is 23.7 Å². The number of rotatable bonds is 4. The second kappa shape index (κ2) is 6.69. The zero-order valence-electron chi connectivity index (χ0n) is 14.0. The molecule has 0 spiro atoms. The van der Waals surface area contributed by atoms with E-state index in [1.807, 2.05) is 28.6 Å². The van der Waals surface area contributed by atoms with Crippen molar-refractivity contribution in [2.45, 2.75) is 32.2 Å². The fraction of sp³-hybridized carbons (Fsp3) is 0.556. The number of hydrogen-bond donors (Lipinski definition) is 0. The van der Waals surface area contributed by atoms with Gasteiger partial charge in [-0.25, -0.2) is 4.98 Å². The summed E-state index contributed by atoms with van der Waals surface area (Å²) in [5.74, 6) is 2.42. The lowest BCUT2D eigenvalue weighted by atomic mass is 9.97. The van der Waals surface area contributed by atoms with Crippen molar-refractivity contribution in [3.8, 4) is 0 Å². The van der Waals surface area contributed by atoms with Gasteiger partial charge in [-0.2, -0.15) is 0 Å². The van der Waals surface area contributed by atoms with Crippen molar-refractivity contribution in [1.82, 2.24) is 14.5 Å². The molecule has 2 aromatic rings. The molecule has 6 heteroatoms. The predicted molar refractivity (Wildman–Crippen MR) is 93.5 cm³/mol. The van der Waals surface area contributed by atoms with Crippen LogP contribution in [0.1, 0.15) is 39.9 Å². The normalized spacial score (nSPS) is 19.5. The summed E-state index contributed by atoms with van der Waals surface area (Å²) in [4.78, 5) is 19.8. The topological polar surface area (TPSA) is 47.4 Å². The Bertz CT molecular complexity index is 698. The summed E-state index contributed by atoms with van der Waals surface area (Å²) in [6.07, 6.45) is 4.10. The smallest absolute Gasteiger partial charge is 0.263 e.